The van der Waals surface area contributed by atoms with Crippen molar-refractivity contribution in [3.8, 4) is 0 Å². The molecule has 0 aromatic heterocycles. The number of quaternary nitrogens is 1. The topological polar surface area (TPSA) is 34.1 Å². The Bertz CT molecular complexity index is 563. The maximum Gasteiger partial charge on any atom is 0.313 e. The van der Waals surface area contributed by atoms with Crippen molar-refractivity contribution in [3.63, 3.8) is 0 Å². The molecule has 0 bridgehead atoms. The van der Waals surface area contributed by atoms with E-state index >= 15 is 0 Å². The van der Waals surface area contributed by atoms with Crippen LogP contribution in [0.5, 0.6) is 0 Å². The normalized spacial score (nSPS) is 11.5. The van der Waals surface area contributed by atoms with Gasteiger partial charge in [-0.05, 0) is 12.8 Å². The number of carbonyl (C=O) groups excluding carboxylic acids is 2. The lowest BCUT2D eigenvalue weighted by Gasteiger charge is -2.26. The third-order valence-corrected chi connectivity index (χ3v) is 8.80. The summed E-state index contributed by atoms with van der Waals surface area (Å²) in [6.07, 6.45) is 38.6. The minimum Gasteiger partial charge on any atom is -1.00 e. The van der Waals surface area contributed by atoms with Crippen molar-refractivity contribution >= 4 is 11.7 Å². The Balaban J connectivity index is 0. The molecule has 0 rings (SSSR count). The van der Waals surface area contributed by atoms with Gasteiger partial charge in [0.2, 0.25) is 0 Å². The van der Waals surface area contributed by atoms with E-state index in [1.807, 2.05) is 14.1 Å². The van der Waals surface area contributed by atoms with Crippen molar-refractivity contribution in [2.24, 2.45) is 0 Å². The molecule has 0 aromatic rings. The minimum absolute atomic E-state index is 0. The highest BCUT2D eigenvalue weighted by Crippen LogP contribution is 2.16. The third-order valence-electron chi connectivity index (χ3n) is 8.80. The molecular formula is C37H74ClNO2. The summed E-state index contributed by atoms with van der Waals surface area (Å²) in [4.78, 5) is 25.3. The SMILES string of the molecule is CCCCCCCCCCCCCCCCCC(=O)C[N+](C)(C)C(=O)CCCCCCCCCCCCCCC.[Cl-]. The number of hydrogen-bond acceptors (Lipinski definition) is 2. The van der Waals surface area contributed by atoms with Crippen molar-refractivity contribution in [3.05, 3.63) is 0 Å². The van der Waals surface area contributed by atoms with Crippen LogP contribution in [0, 0.1) is 0 Å². The average molecular weight is 600 g/mol. The number of amides is 1. The van der Waals surface area contributed by atoms with Gasteiger partial charge >= 0.3 is 5.91 Å². The second kappa shape index (κ2) is 32.5. The number of ketones is 1. The number of carbonyl (C=O) groups is 2. The van der Waals surface area contributed by atoms with Gasteiger partial charge in [-0.15, -0.1) is 0 Å². The van der Waals surface area contributed by atoms with E-state index < -0.39 is 0 Å². The second-order valence-corrected chi connectivity index (χ2v) is 13.5. The van der Waals surface area contributed by atoms with Gasteiger partial charge in [-0.25, -0.2) is 4.79 Å². The Morgan fingerprint density at radius 2 is 0.634 bits per heavy atom. The number of nitrogens with zero attached hydrogens (tertiary/aromatic N) is 1. The maximum absolute atomic E-state index is 12.7. The third kappa shape index (κ3) is 30.8. The van der Waals surface area contributed by atoms with Crippen molar-refractivity contribution in [2.75, 3.05) is 20.6 Å². The number of unbranched alkanes of at least 4 members (excludes halogenated alkanes) is 26. The van der Waals surface area contributed by atoms with E-state index in [1.54, 1.807) is 0 Å². The lowest BCUT2D eigenvalue weighted by molar-refractivity contribution is -0.805. The van der Waals surface area contributed by atoms with Gasteiger partial charge in [-0.3, -0.25) is 9.28 Å². The van der Waals surface area contributed by atoms with Crippen molar-refractivity contribution in [1.29, 1.82) is 0 Å². The molecule has 0 aliphatic carbocycles. The van der Waals surface area contributed by atoms with Gasteiger partial charge in [0.15, 0.2) is 5.78 Å². The summed E-state index contributed by atoms with van der Waals surface area (Å²) in [7, 11) is 3.85. The number of likely N-dealkylation sites (N-methyl/N-ethyl adjacent to an activating group) is 1. The number of halogens is 1. The molecular weight excluding hydrogens is 526 g/mol. The molecule has 0 N–H and O–H groups in total. The summed E-state index contributed by atoms with van der Waals surface area (Å²) in [6.45, 7) is 4.93. The molecule has 0 heterocycles. The quantitative estimate of drug-likeness (QED) is 0.0571. The molecule has 0 spiro atoms. The van der Waals surface area contributed by atoms with Crippen LogP contribution in [0.4, 0.5) is 0 Å². The molecule has 0 unspecified atom stereocenters. The van der Waals surface area contributed by atoms with Crippen LogP contribution >= 0.6 is 0 Å². The Morgan fingerprint density at radius 1 is 0.390 bits per heavy atom. The first-order valence-electron chi connectivity index (χ1n) is 18.3. The van der Waals surface area contributed by atoms with Crippen LogP contribution in [0.25, 0.3) is 0 Å². The molecule has 0 fully saturated rings. The van der Waals surface area contributed by atoms with Gasteiger partial charge in [0, 0.05) is 6.42 Å². The zero-order chi connectivity index (χ0) is 29.6. The molecule has 4 heteroatoms. The van der Waals surface area contributed by atoms with E-state index in [0.717, 1.165) is 25.7 Å². The predicted molar refractivity (Wildman–Crippen MR) is 177 cm³/mol. The fraction of sp³-hybridized carbons (Fsp3) is 0.946. The first-order valence-corrected chi connectivity index (χ1v) is 18.3. The summed E-state index contributed by atoms with van der Waals surface area (Å²) >= 11 is 0. The number of hydrogen-bond donors (Lipinski definition) is 0. The van der Waals surface area contributed by atoms with E-state index in [9.17, 15) is 9.59 Å². The zero-order valence-corrected chi connectivity index (χ0v) is 29.3. The van der Waals surface area contributed by atoms with Gasteiger partial charge in [-0.1, -0.05) is 181 Å². The van der Waals surface area contributed by atoms with Crippen molar-refractivity contribution in [1.82, 2.24) is 0 Å². The number of rotatable bonds is 32. The Labute approximate surface area is 264 Å². The van der Waals surface area contributed by atoms with E-state index in [1.165, 1.54) is 154 Å². The van der Waals surface area contributed by atoms with Crippen LogP contribution in [-0.4, -0.2) is 36.8 Å². The van der Waals surface area contributed by atoms with Crippen LogP contribution in [0.15, 0.2) is 0 Å². The Kier molecular flexibility index (Phi) is 33.9. The fourth-order valence-electron chi connectivity index (χ4n) is 5.90. The van der Waals surface area contributed by atoms with Gasteiger partial charge in [0.1, 0.15) is 6.54 Å². The van der Waals surface area contributed by atoms with Crippen LogP contribution < -0.4 is 12.4 Å². The molecule has 0 radical (unpaired) electrons. The maximum atomic E-state index is 12.7. The van der Waals surface area contributed by atoms with Gasteiger partial charge < -0.3 is 12.4 Å². The van der Waals surface area contributed by atoms with E-state index in [4.69, 9.17) is 0 Å². The molecule has 0 aliphatic heterocycles. The van der Waals surface area contributed by atoms with Crippen LogP contribution in [0.3, 0.4) is 0 Å². The first kappa shape index (κ1) is 42.7. The standard InChI is InChI=1S/C37H74NO2.ClH/c1-5-7-9-11-13-15-17-19-20-22-23-25-27-29-31-33-36(39)35-38(3,4)37(40)34-32-30-28-26-24-21-18-16-14-12-10-8-6-2;/h5-35H2,1-4H3;1H/q+1;/p-1. The molecule has 246 valence electrons. The zero-order valence-electron chi connectivity index (χ0n) is 28.6. The highest BCUT2D eigenvalue weighted by Gasteiger charge is 2.28. The summed E-state index contributed by atoms with van der Waals surface area (Å²) in [5, 5.41) is 0. The first-order chi connectivity index (χ1) is 19.4. The van der Waals surface area contributed by atoms with E-state index in [-0.39, 0.29) is 28.6 Å². The van der Waals surface area contributed by atoms with Crippen LogP contribution in [0.1, 0.15) is 206 Å². The monoisotopic (exact) mass is 600 g/mol. The molecule has 3 nitrogen and oxygen atoms in total. The molecule has 0 saturated carbocycles. The highest BCUT2D eigenvalue weighted by molar-refractivity contribution is 5.81. The fourth-order valence-corrected chi connectivity index (χ4v) is 5.90. The minimum atomic E-state index is 0. The van der Waals surface area contributed by atoms with E-state index in [2.05, 4.69) is 13.8 Å². The van der Waals surface area contributed by atoms with Crippen molar-refractivity contribution < 1.29 is 26.5 Å². The van der Waals surface area contributed by atoms with Crippen molar-refractivity contribution in [2.45, 2.75) is 206 Å². The molecule has 0 aromatic carbocycles. The Hall–Kier alpha value is -0.410. The molecule has 0 aliphatic rings. The summed E-state index contributed by atoms with van der Waals surface area (Å²) < 4.78 is 0.232. The largest absolute Gasteiger partial charge is 1.00 e. The van der Waals surface area contributed by atoms with Gasteiger partial charge in [0.25, 0.3) is 0 Å². The summed E-state index contributed by atoms with van der Waals surface area (Å²) in [5.41, 5.74) is 0. The molecule has 0 saturated heterocycles. The lowest BCUT2D eigenvalue weighted by atomic mass is 10.0. The smallest absolute Gasteiger partial charge is 0.313 e. The van der Waals surface area contributed by atoms with Gasteiger partial charge in [0.05, 0.1) is 20.5 Å². The summed E-state index contributed by atoms with van der Waals surface area (Å²) in [6, 6.07) is 0. The van der Waals surface area contributed by atoms with Gasteiger partial charge in [-0.2, -0.15) is 0 Å². The molecule has 0 atom stereocenters. The van der Waals surface area contributed by atoms with E-state index in [0.29, 0.717) is 19.4 Å². The highest BCUT2D eigenvalue weighted by atomic mass is 35.5. The van der Waals surface area contributed by atoms with Crippen LogP contribution in [-0.2, 0) is 9.59 Å². The van der Waals surface area contributed by atoms with Crippen LogP contribution in [0.2, 0.25) is 0 Å². The lowest BCUT2D eigenvalue weighted by Crippen LogP contribution is -3.00. The summed E-state index contributed by atoms with van der Waals surface area (Å²) in [5.74, 6) is 0.492. The predicted octanol–water partition coefficient (Wildman–Crippen LogP) is 8.91. The number of Topliss-reactive ketones (excluding diaryl/α,β-unsaturated/α-hetero) is 1. The molecule has 1 amide bonds. The average Bonchev–Trinajstić information content (AvgIpc) is 2.93. The Morgan fingerprint density at radius 3 is 0.927 bits per heavy atom. The second-order valence-electron chi connectivity index (χ2n) is 13.5. The molecule has 41 heavy (non-hydrogen) atoms.